The molecule has 0 atom stereocenters. The molecule has 19 heavy (non-hydrogen) atoms. The third-order valence-corrected chi connectivity index (χ3v) is 2.95. The fourth-order valence-electron chi connectivity index (χ4n) is 1.67. The van der Waals surface area contributed by atoms with E-state index in [2.05, 4.69) is 4.74 Å². The maximum absolute atomic E-state index is 14.0. The molecule has 2 aromatic carbocycles. The van der Waals surface area contributed by atoms with Crippen LogP contribution in [0.5, 0.6) is 5.75 Å². The van der Waals surface area contributed by atoms with Gasteiger partial charge in [0.25, 0.3) is 0 Å². The van der Waals surface area contributed by atoms with E-state index in [0.717, 1.165) is 6.07 Å². The maximum Gasteiger partial charge on any atom is 0.337 e. The van der Waals surface area contributed by atoms with Crippen LogP contribution in [0, 0.1) is 5.82 Å². The number of aromatic hydroxyl groups is 1. The van der Waals surface area contributed by atoms with Crippen molar-refractivity contribution in [2.45, 2.75) is 0 Å². The number of esters is 1. The van der Waals surface area contributed by atoms with E-state index in [9.17, 15) is 14.3 Å². The Labute approximate surface area is 114 Å². The third kappa shape index (κ3) is 2.69. The molecule has 98 valence electrons. The number of hydrogen-bond donors (Lipinski definition) is 1. The normalized spacial score (nSPS) is 10.3. The summed E-state index contributed by atoms with van der Waals surface area (Å²) in [6.07, 6.45) is 0. The molecule has 0 aliphatic rings. The van der Waals surface area contributed by atoms with E-state index in [4.69, 9.17) is 11.6 Å². The molecule has 0 saturated heterocycles. The highest BCUT2D eigenvalue weighted by molar-refractivity contribution is 6.32. The van der Waals surface area contributed by atoms with Crippen molar-refractivity contribution >= 4 is 17.6 Å². The second kappa shape index (κ2) is 5.28. The topological polar surface area (TPSA) is 46.5 Å². The van der Waals surface area contributed by atoms with Gasteiger partial charge in [-0.05, 0) is 29.8 Å². The van der Waals surface area contributed by atoms with Crippen LogP contribution in [0.15, 0.2) is 36.4 Å². The molecule has 0 spiro atoms. The Morgan fingerprint density at radius 1 is 1.26 bits per heavy atom. The van der Waals surface area contributed by atoms with Gasteiger partial charge in [0.2, 0.25) is 0 Å². The highest BCUT2D eigenvalue weighted by Gasteiger charge is 2.12. The lowest BCUT2D eigenvalue weighted by molar-refractivity contribution is 0.0600. The lowest BCUT2D eigenvalue weighted by Gasteiger charge is -2.07. The molecule has 0 heterocycles. The summed E-state index contributed by atoms with van der Waals surface area (Å²) in [5, 5.41) is 9.46. The average Bonchev–Trinajstić information content (AvgIpc) is 2.41. The summed E-state index contributed by atoms with van der Waals surface area (Å²) in [6, 6.07) is 8.40. The molecule has 0 saturated carbocycles. The van der Waals surface area contributed by atoms with Gasteiger partial charge in [-0.2, -0.15) is 0 Å². The summed E-state index contributed by atoms with van der Waals surface area (Å²) in [5.74, 6) is -1.24. The summed E-state index contributed by atoms with van der Waals surface area (Å²) >= 11 is 5.77. The number of hydrogen-bond acceptors (Lipinski definition) is 3. The van der Waals surface area contributed by atoms with E-state index >= 15 is 0 Å². The van der Waals surface area contributed by atoms with Crippen molar-refractivity contribution in [2.75, 3.05) is 7.11 Å². The zero-order chi connectivity index (χ0) is 14.0. The van der Waals surface area contributed by atoms with Gasteiger partial charge >= 0.3 is 5.97 Å². The minimum atomic E-state index is -0.603. The molecule has 0 aromatic heterocycles. The van der Waals surface area contributed by atoms with Crippen LogP contribution in [0.25, 0.3) is 11.1 Å². The molecule has 5 heteroatoms. The van der Waals surface area contributed by atoms with Gasteiger partial charge in [-0.15, -0.1) is 0 Å². The molecule has 2 aromatic rings. The molecule has 3 nitrogen and oxygen atoms in total. The summed E-state index contributed by atoms with van der Waals surface area (Å²) < 4.78 is 18.5. The van der Waals surface area contributed by atoms with E-state index in [1.807, 2.05) is 0 Å². The predicted octanol–water partition coefficient (Wildman–Crippen LogP) is 3.64. The molecule has 0 amide bonds. The fourth-order valence-corrected chi connectivity index (χ4v) is 1.85. The summed E-state index contributed by atoms with van der Waals surface area (Å²) in [6.45, 7) is 0. The average molecular weight is 281 g/mol. The molecular formula is C14H10ClFO3. The Morgan fingerprint density at radius 3 is 2.58 bits per heavy atom. The van der Waals surface area contributed by atoms with Crippen molar-refractivity contribution in [3.63, 3.8) is 0 Å². The lowest BCUT2D eigenvalue weighted by Crippen LogP contribution is -2.01. The van der Waals surface area contributed by atoms with Crippen LogP contribution in [-0.4, -0.2) is 18.2 Å². The van der Waals surface area contributed by atoms with Gasteiger partial charge < -0.3 is 9.84 Å². The molecule has 0 bridgehead atoms. The highest BCUT2D eigenvalue weighted by atomic mass is 35.5. The lowest BCUT2D eigenvalue weighted by atomic mass is 10.0. The second-order valence-corrected chi connectivity index (χ2v) is 4.26. The molecule has 0 aliphatic carbocycles. The molecule has 0 fully saturated rings. The van der Waals surface area contributed by atoms with Crippen molar-refractivity contribution in [3.8, 4) is 16.9 Å². The smallest absolute Gasteiger partial charge is 0.337 e. The van der Waals surface area contributed by atoms with Crippen LogP contribution in [0.2, 0.25) is 5.02 Å². The van der Waals surface area contributed by atoms with E-state index < -0.39 is 11.8 Å². The predicted molar refractivity (Wildman–Crippen MR) is 69.9 cm³/mol. The van der Waals surface area contributed by atoms with E-state index in [1.54, 1.807) is 0 Å². The quantitative estimate of drug-likeness (QED) is 0.854. The van der Waals surface area contributed by atoms with Crippen LogP contribution in [-0.2, 0) is 4.74 Å². The first-order valence-electron chi connectivity index (χ1n) is 5.39. The highest BCUT2D eigenvalue weighted by Crippen LogP contribution is 2.31. The van der Waals surface area contributed by atoms with Crippen molar-refractivity contribution in [1.82, 2.24) is 0 Å². The Bertz CT molecular complexity index is 641. The van der Waals surface area contributed by atoms with Crippen LogP contribution >= 0.6 is 11.6 Å². The zero-order valence-electron chi connectivity index (χ0n) is 9.98. The van der Waals surface area contributed by atoms with Crippen molar-refractivity contribution in [1.29, 1.82) is 0 Å². The summed E-state index contributed by atoms with van der Waals surface area (Å²) in [4.78, 5) is 11.3. The van der Waals surface area contributed by atoms with Crippen LogP contribution in [0.4, 0.5) is 4.39 Å². The number of benzene rings is 2. The van der Waals surface area contributed by atoms with E-state index in [-0.39, 0.29) is 21.9 Å². The number of phenols is 1. The van der Waals surface area contributed by atoms with Gasteiger partial charge in [-0.1, -0.05) is 23.7 Å². The Kier molecular flexibility index (Phi) is 3.71. The molecule has 1 N–H and O–H groups in total. The largest absolute Gasteiger partial charge is 0.506 e. The van der Waals surface area contributed by atoms with Crippen LogP contribution in [0.3, 0.4) is 0 Å². The number of phenolic OH excluding ortho intramolecular Hbond substituents is 1. The number of rotatable bonds is 2. The number of carbonyl (C=O) groups is 1. The minimum absolute atomic E-state index is 0.0722. The Hall–Kier alpha value is -2.07. The maximum atomic E-state index is 14.0. The van der Waals surface area contributed by atoms with Gasteiger partial charge in [-0.25, -0.2) is 9.18 Å². The SMILES string of the molecule is COC(=O)c1ccc(-c2ccc(O)c(Cl)c2)c(F)c1. The Morgan fingerprint density at radius 2 is 2.00 bits per heavy atom. The van der Waals surface area contributed by atoms with Crippen molar-refractivity contribution in [2.24, 2.45) is 0 Å². The molecular weight excluding hydrogens is 271 g/mol. The molecule has 0 aliphatic heterocycles. The second-order valence-electron chi connectivity index (χ2n) is 3.85. The van der Waals surface area contributed by atoms with Crippen LogP contribution in [0.1, 0.15) is 10.4 Å². The van der Waals surface area contributed by atoms with Gasteiger partial charge in [0.15, 0.2) is 0 Å². The monoisotopic (exact) mass is 280 g/mol. The summed E-state index contributed by atoms with van der Waals surface area (Å²) in [7, 11) is 1.23. The van der Waals surface area contributed by atoms with Crippen molar-refractivity contribution in [3.05, 3.63) is 52.8 Å². The van der Waals surface area contributed by atoms with E-state index in [0.29, 0.717) is 5.56 Å². The first-order valence-corrected chi connectivity index (χ1v) is 5.77. The minimum Gasteiger partial charge on any atom is -0.506 e. The molecule has 0 radical (unpaired) electrons. The van der Waals surface area contributed by atoms with Crippen LogP contribution < -0.4 is 0 Å². The number of methoxy groups -OCH3 is 1. The molecule has 0 unspecified atom stereocenters. The van der Waals surface area contributed by atoms with Gasteiger partial charge in [0, 0.05) is 5.56 Å². The first kappa shape index (κ1) is 13.4. The number of ether oxygens (including phenoxy) is 1. The van der Waals surface area contributed by atoms with E-state index in [1.165, 1.54) is 37.4 Å². The number of carbonyl (C=O) groups excluding carboxylic acids is 1. The zero-order valence-corrected chi connectivity index (χ0v) is 10.7. The Balaban J connectivity index is 2.46. The van der Waals surface area contributed by atoms with Crippen molar-refractivity contribution < 1.29 is 19.0 Å². The molecule has 2 rings (SSSR count). The standard InChI is InChI=1S/C14H10ClFO3/c1-19-14(18)9-2-4-10(12(16)7-9)8-3-5-13(17)11(15)6-8/h2-7,17H,1H3. The van der Waals surface area contributed by atoms with Gasteiger partial charge in [-0.3, -0.25) is 0 Å². The fraction of sp³-hybridized carbons (Fsp3) is 0.0714. The first-order chi connectivity index (χ1) is 9.02. The third-order valence-electron chi connectivity index (χ3n) is 2.65. The number of halogens is 2. The van der Waals surface area contributed by atoms with Gasteiger partial charge in [0.05, 0.1) is 17.7 Å². The van der Waals surface area contributed by atoms with Gasteiger partial charge in [0.1, 0.15) is 11.6 Å². The summed E-state index contributed by atoms with van der Waals surface area (Å²) in [5.41, 5.74) is 0.930.